The number of hydrogen-bond donors (Lipinski definition) is 1. The second-order valence-corrected chi connectivity index (χ2v) is 3.15. The van der Waals surface area contributed by atoms with E-state index in [4.69, 9.17) is 9.47 Å². The molecule has 80 valence electrons. The van der Waals surface area contributed by atoms with Gasteiger partial charge in [0.25, 0.3) is 0 Å². The minimum atomic E-state index is -0.888. The number of ether oxygens (including phenoxy) is 2. The molecule has 0 spiro atoms. The highest BCUT2D eigenvalue weighted by atomic mass is 16.7. The summed E-state index contributed by atoms with van der Waals surface area (Å²) in [5, 5.41) is 2.83. The molecule has 1 aliphatic heterocycles. The van der Waals surface area contributed by atoms with Crippen LogP contribution >= 0.6 is 0 Å². The Labute approximate surface area is 82.8 Å². The zero-order valence-electron chi connectivity index (χ0n) is 8.25. The van der Waals surface area contributed by atoms with Gasteiger partial charge in [0.2, 0.25) is 0 Å². The zero-order valence-corrected chi connectivity index (χ0v) is 8.25. The lowest BCUT2D eigenvalue weighted by Crippen LogP contribution is -2.42. The van der Waals surface area contributed by atoms with E-state index in [2.05, 4.69) is 12.2 Å². The average Bonchev–Trinajstić information content (AvgIpc) is 2.11. The number of carbonyl (C=O) groups is 2. The Morgan fingerprint density at radius 1 is 1.29 bits per heavy atom. The van der Waals surface area contributed by atoms with Crippen molar-refractivity contribution in [3.63, 3.8) is 0 Å². The molecule has 5 heteroatoms. The van der Waals surface area contributed by atoms with Gasteiger partial charge >= 0.3 is 18.4 Å². The van der Waals surface area contributed by atoms with E-state index in [1.54, 1.807) is 0 Å². The maximum absolute atomic E-state index is 10.8. The molecule has 0 aromatic heterocycles. The summed E-state index contributed by atoms with van der Waals surface area (Å²) in [6.45, 7) is 2.78. The smallest absolute Gasteiger partial charge is 0.321 e. The number of cyclic esters (lactones) is 2. The van der Waals surface area contributed by atoms with E-state index in [9.17, 15) is 9.59 Å². The summed E-state index contributed by atoms with van der Waals surface area (Å²) >= 11 is 0. The molecule has 0 unspecified atom stereocenters. The van der Waals surface area contributed by atoms with Crippen LogP contribution in [0.2, 0.25) is 0 Å². The Morgan fingerprint density at radius 2 is 1.93 bits per heavy atom. The molecular weight excluding hydrogens is 186 g/mol. The molecule has 0 aromatic rings. The molecule has 5 nitrogen and oxygen atoms in total. The van der Waals surface area contributed by atoms with Crippen LogP contribution in [0.15, 0.2) is 0 Å². The van der Waals surface area contributed by atoms with Crippen molar-refractivity contribution in [3.8, 4) is 0 Å². The summed E-state index contributed by atoms with van der Waals surface area (Å²) in [6.07, 6.45) is 2.02. The normalized spacial score (nSPS) is 17.8. The van der Waals surface area contributed by atoms with Gasteiger partial charge in [-0.3, -0.25) is 9.59 Å². The van der Waals surface area contributed by atoms with Crippen molar-refractivity contribution in [2.24, 2.45) is 0 Å². The lowest BCUT2D eigenvalue weighted by Gasteiger charge is -2.22. The van der Waals surface area contributed by atoms with Crippen LogP contribution < -0.4 is 5.32 Å². The summed E-state index contributed by atoms with van der Waals surface area (Å²) in [4.78, 5) is 21.6. The Balaban J connectivity index is 2.17. The van der Waals surface area contributed by atoms with Crippen molar-refractivity contribution in [2.45, 2.75) is 39.0 Å². The van der Waals surface area contributed by atoms with Crippen LogP contribution in [0.4, 0.5) is 0 Å². The van der Waals surface area contributed by atoms with Gasteiger partial charge in [0.05, 0.1) is 0 Å². The van der Waals surface area contributed by atoms with Crippen LogP contribution in [-0.4, -0.2) is 24.9 Å². The first-order chi connectivity index (χ1) is 6.72. The molecule has 0 aliphatic carbocycles. The van der Waals surface area contributed by atoms with Gasteiger partial charge in [-0.1, -0.05) is 19.8 Å². The van der Waals surface area contributed by atoms with Gasteiger partial charge in [-0.2, -0.15) is 0 Å². The van der Waals surface area contributed by atoms with Gasteiger partial charge in [0.1, 0.15) is 6.42 Å². The molecule has 0 aromatic carbocycles. The Morgan fingerprint density at radius 3 is 2.50 bits per heavy atom. The van der Waals surface area contributed by atoms with E-state index in [0.29, 0.717) is 6.54 Å². The molecule has 0 radical (unpaired) electrons. The van der Waals surface area contributed by atoms with E-state index in [0.717, 1.165) is 19.3 Å². The zero-order chi connectivity index (χ0) is 10.4. The predicted octanol–water partition coefficient (Wildman–Crippen LogP) is 0.540. The molecule has 0 atom stereocenters. The average molecular weight is 201 g/mol. The monoisotopic (exact) mass is 201 g/mol. The van der Waals surface area contributed by atoms with Crippen molar-refractivity contribution in [3.05, 3.63) is 0 Å². The van der Waals surface area contributed by atoms with Gasteiger partial charge in [0, 0.05) is 6.54 Å². The number of nitrogens with one attached hydrogen (secondary N) is 1. The molecule has 0 amide bonds. The summed E-state index contributed by atoms with van der Waals surface area (Å²) < 4.78 is 9.49. The number of carbonyl (C=O) groups excluding carboxylic acids is 2. The Kier molecular flexibility index (Phi) is 4.39. The van der Waals surface area contributed by atoms with E-state index >= 15 is 0 Å². The van der Waals surface area contributed by atoms with Crippen LogP contribution in [0, 0.1) is 0 Å². The number of esters is 2. The van der Waals surface area contributed by atoms with Gasteiger partial charge in [-0.25, -0.2) is 5.32 Å². The summed E-state index contributed by atoms with van der Waals surface area (Å²) in [5.41, 5.74) is 0. The fourth-order valence-electron chi connectivity index (χ4n) is 1.14. The minimum Gasteiger partial charge on any atom is -0.411 e. The number of unbranched alkanes of at least 4 members (excludes halogenated alkanes) is 2. The topological polar surface area (TPSA) is 64.6 Å². The summed E-state index contributed by atoms with van der Waals surface area (Å²) in [5.74, 6) is -1.07. The molecule has 1 aliphatic rings. The highest BCUT2D eigenvalue weighted by Gasteiger charge is 2.26. The molecule has 1 rings (SSSR count). The van der Waals surface area contributed by atoms with E-state index < -0.39 is 18.4 Å². The van der Waals surface area contributed by atoms with Crippen molar-refractivity contribution in [2.75, 3.05) is 6.54 Å². The highest BCUT2D eigenvalue weighted by molar-refractivity contribution is 5.92. The highest BCUT2D eigenvalue weighted by Crippen LogP contribution is 2.05. The van der Waals surface area contributed by atoms with Crippen molar-refractivity contribution < 1.29 is 19.1 Å². The molecule has 1 saturated heterocycles. The van der Waals surface area contributed by atoms with Crippen LogP contribution in [-0.2, 0) is 19.1 Å². The molecular formula is C9H15NO4. The lowest BCUT2D eigenvalue weighted by atomic mass is 10.2. The second kappa shape index (κ2) is 5.59. The molecule has 1 heterocycles. The first kappa shape index (κ1) is 11.0. The summed E-state index contributed by atoms with van der Waals surface area (Å²) in [6, 6.07) is 0. The standard InChI is InChI=1S/C9H15NO4/c1-2-3-4-5-10-9-13-7(11)6-8(12)14-9/h9-10H,2-6H2,1H3. The third-order valence-electron chi connectivity index (χ3n) is 1.86. The van der Waals surface area contributed by atoms with Crippen molar-refractivity contribution in [1.82, 2.24) is 5.32 Å². The van der Waals surface area contributed by atoms with E-state index in [1.807, 2.05) is 0 Å². The first-order valence-electron chi connectivity index (χ1n) is 4.84. The van der Waals surface area contributed by atoms with Crippen LogP contribution in [0.1, 0.15) is 32.6 Å². The molecule has 0 bridgehead atoms. The van der Waals surface area contributed by atoms with Crippen molar-refractivity contribution in [1.29, 1.82) is 0 Å². The van der Waals surface area contributed by atoms with Gasteiger partial charge in [-0.05, 0) is 6.42 Å². The fraction of sp³-hybridized carbons (Fsp3) is 0.778. The lowest BCUT2D eigenvalue weighted by molar-refractivity contribution is -0.208. The first-order valence-corrected chi connectivity index (χ1v) is 4.84. The summed E-state index contributed by atoms with van der Waals surface area (Å²) in [7, 11) is 0. The Bertz CT molecular complexity index is 201. The maximum atomic E-state index is 10.8. The van der Waals surface area contributed by atoms with Gasteiger partial charge < -0.3 is 9.47 Å². The fourth-order valence-corrected chi connectivity index (χ4v) is 1.14. The second-order valence-electron chi connectivity index (χ2n) is 3.15. The SMILES string of the molecule is CCCCCNC1OC(=O)CC(=O)O1. The molecule has 14 heavy (non-hydrogen) atoms. The van der Waals surface area contributed by atoms with Crippen LogP contribution in [0.5, 0.6) is 0 Å². The maximum Gasteiger partial charge on any atom is 0.321 e. The van der Waals surface area contributed by atoms with Gasteiger partial charge in [0.15, 0.2) is 0 Å². The third kappa shape index (κ3) is 3.74. The third-order valence-corrected chi connectivity index (χ3v) is 1.86. The quantitative estimate of drug-likeness (QED) is 0.399. The van der Waals surface area contributed by atoms with Crippen LogP contribution in [0.3, 0.4) is 0 Å². The molecule has 1 N–H and O–H groups in total. The van der Waals surface area contributed by atoms with Crippen LogP contribution in [0.25, 0.3) is 0 Å². The largest absolute Gasteiger partial charge is 0.411 e. The van der Waals surface area contributed by atoms with E-state index in [-0.39, 0.29) is 6.42 Å². The molecule has 1 fully saturated rings. The Hall–Kier alpha value is -1.10. The number of hydrogen-bond acceptors (Lipinski definition) is 5. The number of rotatable bonds is 5. The van der Waals surface area contributed by atoms with Gasteiger partial charge in [-0.15, -0.1) is 0 Å². The predicted molar refractivity (Wildman–Crippen MR) is 48.1 cm³/mol. The molecule has 0 saturated carbocycles. The minimum absolute atomic E-state index is 0.285. The van der Waals surface area contributed by atoms with E-state index in [1.165, 1.54) is 0 Å². The van der Waals surface area contributed by atoms with Crippen molar-refractivity contribution >= 4 is 11.9 Å².